The molecule has 1 aliphatic rings. The van der Waals surface area contributed by atoms with Crippen molar-refractivity contribution in [3.05, 3.63) is 34.3 Å². The van der Waals surface area contributed by atoms with E-state index in [9.17, 15) is 0 Å². The maximum absolute atomic E-state index is 5.70. The molecule has 0 fully saturated rings. The summed E-state index contributed by atoms with van der Waals surface area (Å²) in [5.41, 5.74) is 2.35. The van der Waals surface area contributed by atoms with Gasteiger partial charge in [-0.15, -0.1) is 10.2 Å². The summed E-state index contributed by atoms with van der Waals surface area (Å²) < 4.78 is 5.37. The minimum Gasteiger partial charge on any atom is -0.361 e. The van der Waals surface area contributed by atoms with Gasteiger partial charge in [-0.05, 0) is 31.4 Å². The van der Waals surface area contributed by atoms with Crippen LogP contribution in [0.3, 0.4) is 0 Å². The Morgan fingerprint density at radius 2 is 2.11 bits per heavy atom. The predicted octanol–water partition coefficient (Wildman–Crippen LogP) is 3.29. The zero-order valence-electron chi connectivity index (χ0n) is 9.73. The molecular formula is C12H12ClN3OS. The molecule has 0 spiro atoms. The van der Waals surface area contributed by atoms with Crippen LogP contribution < -0.4 is 0 Å². The second-order valence-electron chi connectivity index (χ2n) is 4.22. The van der Waals surface area contributed by atoms with Gasteiger partial charge in [0.2, 0.25) is 0 Å². The van der Waals surface area contributed by atoms with Gasteiger partial charge in [-0.25, -0.2) is 0 Å². The molecule has 0 saturated heterocycles. The number of aromatic nitrogens is 3. The van der Waals surface area contributed by atoms with Crippen molar-refractivity contribution in [2.45, 2.75) is 36.5 Å². The first-order valence-electron chi connectivity index (χ1n) is 5.91. The highest BCUT2D eigenvalue weighted by Crippen LogP contribution is 2.28. The summed E-state index contributed by atoms with van der Waals surface area (Å²) >= 11 is 7.30. The Kier molecular flexibility index (Phi) is 3.52. The number of rotatable bonds is 3. The summed E-state index contributed by atoms with van der Waals surface area (Å²) in [6.07, 6.45) is 4.54. The lowest BCUT2D eigenvalue weighted by Crippen LogP contribution is -2.01. The van der Waals surface area contributed by atoms with Crippen molar-refractivity contribution in [3.63, 3.8) is 0 Å². The van der Waals surface area contributed by atoms with Crippen LogP contribution in [0.15, 0.2) is 21.7 Å². The summed E-state index contributed by atoms with van der Waals surface area (Å²) in [6.45, 7) is 0. The van der Waals surface area contributed by atoms with Gasteiger partial charge in [0.25, 0.3) is 0 Å². The summed E-state index contributed by atoms with van der Waals surface area (Å²) in [6, 6.07) is 3.61. The van der Waals surface area contributed by atoms with E-state index in [2.05, 4.69) is 15.4 Å². The van der Waals surface area contributed by atoms with Crippen LogP contribution in [0.1, 0.15) is 29.9 Å². The second-order valence-corrected chi connectivity index (χ2v) is 5.60. The highest BCUT2D eigenvalue weighted by Gasteiger charge is 2.19. The molecule has 18 heavy (non-hydrogen) atoms. The highest BCUT2D eigenvalue weighted by atomic mass is 35.5. The lowest BCUT2D eigenvalue weighted by molar-refractivity contribution is 0.369. The monoisotopic (exact) mass is 281 g/mol. The third kappa shape index (κ3) is 2.52. The first-order valence-corrected chi connectivity index (χ1v) is 7.27. The van der Waals surface area contributed by atoms with Crippen LogP contribution in [0.2, 0.25) is 5.15 Å². The van der Waals surface area contributed by atoms with E-state index in [1.54, 1.807) is 17.8 Å². The average molecular weight is 282 g/mol. The third-order valence-electron chi connectivity index (χ3n) is 3.00. The molecular weight excluding hydrogens is 270 g/mol. The molecule has 94 valence electrons. The van der Waals surface area contributed by atoms with Gasteiger partial charge in [-0.2, -0.15) is 0 Å². The Labute approximate surface area is 114 Å². The molecule has 0 saturated carbocycles. The summed E-state index contributed by atoms with van der Waals surface area (Å²) in [7, 11) is 0. The molecule has 4 nitrogen and oxygen atoms in total. The molecule has 0 unspecified atom stereocenters. The Morgan fingerprint density at radius 1 is 1.22 bits per heavy atom. The molecule has 0 amide bonds. The molecule has 0 N–H and O–H groups in total. The molecule has 1 aliphatic carbocycles. The minimum atomic E-state index is 0.415. The number of aryl methyl sites for hydroxylation is 1. The molecule has 0 aliphatic heterocycles. The molecule has 2 aromatic heterocycles. The van der Waals surface area contributed by atoms with Crippen LogP contribution in [0.4, 0.5) is 0 Å². The van der Waals surface area contributed by atoms with Gasteiger partial charge in [-0.1, -0.05) is 28.5 Å². The van der Waals surface area contributed by atoms with E-state index in [0.717, 1.165) is 35.1 Å². The maximum atomic E-state index is 5.70. The molecule has 0 bridgehead atoms. The zero-order valence-corrected chi connectivity index (χ0v) is 11.3. The van der Waals surface area contributed by atoms with Gasteiger partial charge in [-0.3, -0.25) is 0 Å². The van der Waals surface area contributed by atoms with Crippen LogP contribution in [-0.2, 0) is 18.6 Å². The number of hydrogen-bond acceptors (Lipinski definition) is 5. The van der Waals surface area contributed by atoms with Crippen LogP contribution in [0.5, 0.6) is 0 Å². The maximum Gasteiger partial charge on any atom is 0.151 e. The van der Waals surface area contributed by atoms with E-state index in [-0.39, 0.29) is 0 Å². The van der Waals surface area contributed by atoms with Gasteiger partial charge >= 0.3 is 0 Å². The van der Waals surface area contributed by atoms with Crippen molar-refractivity contribution in [3.8, 4) is 0 Å². The van der Waals surface area contributed by atoms with E-state index in [0.29, 0.717) is 5.15 Å². The molecule has 0 radical (unpaired) electrons. The summed E-state index contributed by atoms with van der Waals surface area (Å²) in [5, 5.41) is 13.3. The number of nitrogens with zero attached hydrogens (tertiary/aromatic N) is 3. The number of hydrogen-bond donors (Lipinski definition) is 0. The molecule has 0 atom stereocenters. The van der Waals surface area contributed by atoms with E-state index in [1.807, 2.05) is 6.07 Å². The molecule has 2 heterocycles. The van der Waals surface area contributed by atoms with E-state index in [1.165, 1.54) is 18.4 Å². The van der Waals surface area contributed by atoms with Crippen LogP contribution in [0, 0.1) is 0 Å². The van der Waals surface area contributed by atoms with Crippen LogP contribution in [-0.4, -0.2) is 15.4 Å². The standard InChI is InChI=1S/C12H12ClN3OS/c13-11-5-6-12(15-14-11)18-7-9-8-3-1-2-4-10(8)17-16-9/h5-6H,1-4,7H2. The quantitative estimate of drug-likeness (QED) is 0.808. The number of fused-ring (bicyclic) bond motifs is 1. The first-order chi connectivity index (χ1) is 8.83. The topological polar surface area (TPSA) is 51.8 Å². The summed E-state index contributed by atoms with van der Waals surface area (Å²) in [4.78, 5) is 0. The van der Waals surface area contributed by atoms with Gasteiger partial charge in [0, 0.05) is 17.7 Å². The molecule has 3 rings (SSSR count). The van der Waals surface area contributed by atoms with Crippen molar-refractivity contribution in [1.29, 1.82) is 0 Å². The van der Waals surface area contributed by atoms with E-state index in [4.69, 9.17) is 16.1 Å². The third-order valence-corrected chi connectivity index (χ3v) is 4.13. The lowest BCUT2D eigenvalue weighted by Gasteiger charge is -2.08. The first kappa shape index (κ1) is 12.0. The number of halogens is 1. The predicted molar refractivity (Wildman–Crippen MR) is 69.7 cm³/mol. The Balaban J connectivity index is 1.70. The Hall–Kier alpha value is -1.07. The molecule has 2 aromatic rings. The van der Waals surface area contributed by atoms with Crippen molar-refractivity contribution < 1.29 is 4.52 Å². The Morgan fingerprint density at radius 3 is 2.94 bits per heavy atom. The SMILES string of the molecule is Clc1ccc(SCc2noc3c2CCCC3)nn1. The Bertz CT molecular complexity index is 541. The van der Waals surface area contributed by atoms with Crippen molar-refractivity contribution >= 4 is 23.4 Å². The van der Waals surface area contributed by atoms with Crippen LogP contribution >= 0.6 is 23.4 Å². The van der Waals surface area contributed by atoms with E-state index < -0.39 is 0 Å². The normalized spacial score (nSPS) is 14.5. The minimum absolute atomic E-state index is 0.415. The highest BCUT2D eigenvalue weighted by molar-refractivity contribution is 7.98. The van der Waals surface area contributed by atoms with Gasteiger partial charge in [0.15, 0.2) is 5.15 Å². The summed E-state index contributed by atoms with van der Waals surface area (Å²) in [5.74, 6) is 1.84. The fraction of sp³-hybridized carbons (Fsp3) is 0.417. The van der Waals surface area contributed by atoms with Crippen molar-refractivity contribution in [2.75, 3.05) is 0 Å². The number of thioether (sulfide) groups is 1. The fourth-order valence-electron chi connectivity index (χ4n) is 2.09. The molecule has 0 aromatic carbocycles. The van der Waals surface area contributed by atoms with Gasteiger partial charge < -0.3 is 4.52 Å². The van der Waals surface area contributed by atoms with Crippen molar-refractivity contribution in [2.24, 2.45) is 0 Å². The largest absolute Gasteiger partial charge is 0.361 e. The van der Waals surface area contributed by atoms with Crippen LogP contribution in [0.25, 0.3) is 0 Å². The van der Waals surface area contributed by atoms with E-state index >= 15 is 0 Å². The van der Waals surface area contributed by atoms with Crippen molar-refractivity contribution in [1.82, 2.24) is 15.4 Å². The fourth-order valence-corrected chi connectivity index (χ4v) is 2.96. The second kappa shape index (κ2) is 5.28. The lowest BCUT2D eigenvalue weighted by atomic mass is 9.97. The zero-order chi connectivity index (χ0) is 12.4. The molecule has 6 heteroatoms. The van der Waals surface area contributed by atoms with Gasteiger partial charge in [0.05, 0.1) is 5.69 Å². The smallest absolute Gasteiger partial charge is 0.151 e. The van der Waals surface area contributed by atoms with Gasteiger partial charge in [0.1, 0.15) is 10.8 Å². The average Bonchev–Trinajstić information content (AvgIpc) is 2.82.